The van der Waals surface area contributed by atoms with Crippen LogP contribution in [0.3, 0.4) is 0 Å². The Labute approximate surface area is 311 Å². The molecule has 3 nitrogen and oxygen atoms in total. The molecule has 53 heavy (non-hydrogen) atoms. The lowest BCUT2D eigenvalue weighted by Crippen LogP contribution is -2.22. The van der Waals surface area contributed by atoms with Crippen LogP contribution in [0, 0.1) is 5.41 Å². The minimum Gasteiger partial charge on any atom is -0.354 e. The molecule has 0 aromatic heterocycles. The Hall–Kier alpha value is -6.71. The number of allylic oxidation sites excluding steroid dienone is 1. The summed E-state index contributed by atoms with van der Waals surface area (Å²) >= 11 is 0. The lowest BCUT2D eigenvalue weighted by molar-refractivity contribution is 0.660. The normalized spacial score (nSPS) is 14.6. The van der Waals surface area contributed by atoms with Gasteiger partial charge in [-0.3, -0.25) is 5.41 Å². The lowest BCUT2D eigenvalue weighted by atomic mass is 9.82. The number of para-hydroxylation sites is 1. The molecule has 0 saturated carbocycles. The second-order valence-electron chi connectivity index (χ2n) is 14.2. The molecule has 0 amide bonds. The topological polar surface area (TPSA) is 39.1 Å². The van der Waals surface area contributed by atoms with Crippen LogP contribution in [0.2, 0.25) is 0 Å². The zero-order chi connectivity index (χ0) is 35.9. The molecule has 0 radical (unpaired) electrons. The number of anilines is 3. The van der Waals surface area contributed by atoms with E-state index in [2.05, 4.69) is 176 Å². The molecule has 1 heterocycles. The van der Waals surface area contributed by atoms with Gasteiger partial charge in [0.1, 0.15) is 0 Å². The molecule has 7 aromatic carbocycles. The fourth-order valence-corrected chi connectivity index (χ4v) is 8.14. The van der Waals surface area contributed by atoms with E-state index < -0.39 is 0 Å². The van der Waals surface area contributed by atoms with Crippen molar-refractivity contribution in [1.29, 1.82) is 5.41 Å². The fourth-order valence-electron chi connectivity index (χ4n) is 8.14. The molecule has 7 aromatic rings. The van der Waals surface area contributed by atoms with Crippen molar-refractivity contribution in [2.45, 2.75) is 19.3 Å². The predicted molar refractivity (Wildman–Crippen MR) is 223 cm³/mol. The van der Waals surface area contributed by atoms with Gasteiger partial charge in [-0.25, -0.2) is 0 Å². The van der Waals surface area contributed by atoms with E-state index in [1.165, 1.54) is 22.3 Å². The zero-order valence-corrected chi connectivity index (χ0v) is 29.8. The quantitative estimate of drug-likeness (QED) is 0.164. The van der Waals surface area contributed by atoms with Crippen LogP contribution in [-0.2, 0) is 5.41 Å². The van der Waals surface area contributed by atoms with Crippen molar-refractivity contribution < 1.29 is 0 Å². The van der Waals surface area contributed by atoms with Crippen LogP contribution in [0.15, 0.2) is 182 Å². The molecule has 2 aliphatic rings. The van der Waals surface area contributed by atoms with Crippen LogP contribution >= 0.6 is 0 Å². The summed E-state index contributed by atoms with van der Waals surface area (Å²) in [4.78, 5) is 2.43. The van der Waals surface area contributed by atoms with Crippen LogP contribution in [0.4, 0.5) is 17.1 Å². The SMILES string of the molecule is CC1(C)c2ccccc2-c2c(N(c3ccccc3)c3cccc4c3C=C(c3ccccc3)N/C4=C(\C(=N)c3ccccc3)c3ccccc3)cccc21. The van der Waals surface area contributed by atoms with E-state index in [9.17, 15) is 5.41 Å². The first-order valence-corrected chi connectivity index (χ1v) is 18.2. The maximum atomic E-state index is 9.74. The maximum Gasteiger partial charge on any atom is 0.0711 e. The summed E-state index contributed by atoms with van der Waals surface area (Å²) < 4.78 is 0. The average Bonchev–Trinajstić information content (AvgIpc) is 3.46. The number of hydrogen-bond acceptors (Lipinski definition) is 3. The van der Waals surface area contributed by atoms with Gasteiger partial charge < -0.3 is 10.2 Å². The third kappa shape index (κ3) is 5.49. The second-order valence-corrected chi connectivity index (χ2v) is 14.2. The van der Waals surface area contributed by atoms with Gasteiger partial charge in [0.15, 0.2) is 0 Å². The number of hydrogen-bond donors (Lipinski definition) is 2. The van der Waals surface area contributed by atoms with E-state index >= 15 is 0 Å². The number of rotatable bonds is 7. The Bertz CT molecular complexity index is 2550. The summed E-state index contributed by atoms with van der Waals surface area (Å²) in [5, 5.41) is 13.6. The lowest BCUT2D eigenvalue weighted by Gasteiger charge is -2.33. The van der Waals surface area contributed by atoms with Gasteiger partial charge in [-0.05, 0) is 58.2 Å². The van der Waals surface area contributed by atoms with E-state index in [1.54, 1.807) is 0 Å². The Morgan fingerprint density at radius 2 is 1.08 bits per heavy atom. The highest BCUT2D eigenvalue weighted by Crippen LogP contribution is 2.55. The molecule has 0 fully saturated rings. The monoisotopic (exact) mass is 681 g/mol. The predicted octanol–water partition coefficient (Wildman–Crippen LogP) is 12.5. The molecule has 1 aliphatic heterocycles. The number of nitrogens with one attached hydrogen (secondary N) is 2. The van der Waals surface area contributed by atoms with Gasteiger partial charge in [0, 0.05) is 44.6 Å². The van der Waals surface area contributed by atoms with Crippen LogP contribution in [0.5, 0.6) is 0 Å². The zero-order valence-electron chi connectivity index (χ0n) is 29.8. The Morgan fingerprint density at radius 1 is 0.528 bits per heavy atom. The third-order valence-corrected chi connectivity index (χ3v) is 10.7. The van der Waals surface area contributed by atoms with Crippen LogP contribution in [0.25, 0.3) is 34.2 Å². The summed E-state index contributed by atoms with van der Waals surface area (Å²) in [6.45, 7) is 4.67. The number of benzene rings is 7. The van der Waals surface area contributed by atoms with Gasteiger partial charge in [-0.1, -0.05) is 172 Å². The van der Waals surface area contributed by atoms with Crippen LogP contribution in [0.1, 0.15) is 52.8 Å². The Morgan fingerprint density at radius 3 is 1.79 bits per heavy atom. The first kappa shape index (κ1) is 32.2. The maximum absolute atomic E-state index is 9.74. The minimum absolute atomic E-state index is 0.136. The van der Waals surface area contributed by atoms with Crippen molar-refractivity contribution in [3.05, 3.63) is 221 Å². The Balaban J connectivity index is 1.36. The molecule has 9 rings (SSSR count). The number of nitrogens with zero attached hydrogens (tertiary/aromatic N) is 1. The second kappa shape index (κ2) is 13.1. The molecule has 0 atom stereocenters. The molecule has 254 valence electrons. The molecule has 0 saturated heterocycles. The van der Waals surface area contributed by atoms with Gasteiger partial charge in [-0.15, -0.1) is 0 Å². The fraction of sp³-hybridized carbons (Fsp3) is 0.0600. The minimum atomic E-state index is -0.136. The molecule has 1 aliphatic carbocycles. The average molecular weight is 682 g/mol. The van der Waals surface area contributed by atoms with Crippen molar-refractivity contribution in [3.63, 3.8) is 0 Å². The highest BCUT2D eigenvalue weighted by molar-refractivity contribution is 6.36. The Kier molecular flexibility index (Phi) is 7.97. The van der Waals surface area contributed by atoms with Gasteiger partial charge >= 0.3 is 0 Å². The van der Waals surface area contributed by atoms with Gasteiger partial charge in [0.25, 0.3) is 0 Å². The molecule has 0 bridgehead atoms. The van der Waals surface area contributed by atoms with E-state index in [0.717, 1.165) is 61.8 Å². The van der Waals surface area contributed by atoms with Gasteiger partial charge in [-0.2, -0.15) is 0 Å². The van der Waals surface area contributed by atoms with Gasteiger partial charge in [0.05, 0.1) is 22.8 Å². The molecular formula is C50H39N3. The standard InChI is InChI=1S/C50H39N3/c1-50(2)41-29-16-15-27-39(41)47-42(50)30-18-32-45(47)53(37-25-13-6-14-26-37)44-31-17-28-38-40(44)33-43(34-19-7-3-8-20-34)52-49(38)46(35-21-9-4-10-22-35)48(51)36-23-11-5-12-24-36/h3-33,51-52H,1-2H3/b49-46-,51-48?. The highest BCUT2D eigenvalue weighted by Gasteiger charge is 2.38. The van der Waals surface area contributed by atoms with E-state index in [-0.39, 0.29) is 5.41 Å². The summed E-state index contributed by atoms with van der Waals surface area (Å²) in [7, 11) is 0. The highest BCUT2D eigenvalue weighted by atomic mass is 15.1. The molecular weight excluding hydrogens is 643 g/mol. The molecule has 0 unspecified atom stereocenters. The number of fused-ring (bicyclic) bond motifs is 4. The largest absolute Gasteiger partial charge is 0.354 e. The van der Waals surface area contributed by atoms with E-state index in [4.69, 9.17) is 0 Å². The summed E-state index contributed by atoms with van der Waals surface area (Å²) in [6.07, 6.45) is 2.29. The van der Waals surface area contributed by atoms with Crippen molar-refractivity contribution in [1.82, 2.24) is 5.32 Å². The van der Waals surface area contributed by atoms with E-state index in [0.29, 0.717) is 5.71 Å². The molecule has 3 heteroatoms. The molecule has 2 N–H and O–H groups in total. The molecule has 0 spiro atoms. The van der Waals surface area contributed by atoms with Crippen LogP contribution in [-0.4, -0.2) is 5.71 Å². The van der Waals surface area contributed by atoms with Crippen molar-refractivity contribution >= 4 is 45.8 Å². The first-order valence-electron chi connectivity index (χ1n) is 18.2. The van der Waals surface area contributed by atoms with Gasteiger partial charge in [0.2, 0.25) is 0 Å². The smallest absolute Gasteiger partial charge is 0.0711 e. The van der Waals surface area contributed by atoms with Crippen molar-refractivity contribution in [2.24, 2.45) is 0 Å². The first-order chi connectivity index (χ1) is 26.0. The third-order valence-electron chi connectivity index (χ3n) is 10.7. The van der Waals surface area contributed by atoms with E-state index in [1.807, 2.05) is 36.4 Å². The van der Waals surface area contributed by atoms with Crippen molar-refractivity contribution in [3.8, 4) is 11.1 Å². The van der Waals surface area contributed by atoms with Crippen molar-refractivity contribution in [2.75, 3.05) is 4.90 Å². The van der Waals surface area contributed by atoms with Crippen LogP contribution < -0.4 is 10.2 Å². The summed E-state index contributed by atoms with van der Waals surface area (Å²) in [5.74, 6) is 0. The summed E-state index contributed by atoms with van der Waals surface area (Å²) in [6, 6.07) is 63.8. The summed E-state index contributed by atoms with van der Waals surface area (Å²) in [5.41, 5.74) is 16.6.